The number of halogens is 3. The molecule has 1 aromatic carbocycles. The number of rotatable bonds is 4. The minimum atomic E-state index is -5.74. The fraction of sp³-hybridized carbons (Fsp3) is 0.462. The van der Waals surface area contributed by atoms with Crippen LogP contribution in [0.3, 0.4) is 0 Å². The van der Waals surface area contributed by atoms with Gasteiger partial charge in [0.25, 0.3) is 5.91 Å². The van der Waals surface area contributed by atoms with Gasteiger partial charge in [0, 0.05) is 12.0 Å². The third-order valence-corrected chi connectivity index (χ3v) is 4.07. The van der Waals surface area contributed by atoms with E-state index in [-0.39, 0.29) is 5.75 Å². The molecule has 2 rings (SSSR count). The number of para-hydroxylation sites is 1. The number of fused-ring (bicyclic) bond motifs is 1. The number of hydrogen-bond acceptors (Lipinski definition) is 5. The van der Waals surface area contributed by atoms with Crippen LogP contribution in [0.15, 0.2) is 18.2 Å². The van der Waals surface area contributed by atoms with E-state index in [4.69, 9.17) is 9.47 Å². The number of nitrogens with one attached hydrogen (secondary N) is 1. The molecule has 0 atom stereocenters. The van der Waals surface area contributed by atoms with Crippen molar-refractivity contribution < 1.29 is 35.9 Å². The number of sulfonamides is 1. The van der Waals surface area contributed by atoms with Crippen molar-refractivity contribution in [2.45, 2.75) is 31.4 Å². The first-order chi connectivity index (χ1) is 10.4. The second-order valence-electron chi connectivity index (χ2n) is 5.55. The first-order valence-corrected chi connectivity index (χ1v) is 7.95. The summed E-state index contributed by atoms with van der Waals surface area (Å²) in [6.45, 7) is 2.80. The number of hydrogen-bond donors (Lipinski definition) is 1. The van der Waals surface area contributed by atoms with Crippen LogP contribution in [0.1, 0.15) is 19.4 Å². The van der Waals surface area contributed by atoms with Crippen LogP contribution in [-0.2, 0) is 21.2 Å². The van der Waals surface area contributed by atoms with Gasteiger partial charge in [0.15, 0.2) is 18.1 Å². The number of carbonyl (C=O) groups is 1. The van der Waals surface area contributed by atoms with E-state index in [2.05, 4.69) is 0 Å². The molecule has 128 valence electrons. The van der Waals surface area contributed by atoms with E-state index in [0.717, 1.165) is 10.3 Å². The molecule has 10 heteroatoms. The van der Waals surface area contributed by atoms with Gasteiger partial charge < -0.3 is 9.47 Å². The van der Waals surface area contributed by atoms with Crippen LogP contribution >= 0.6 is 0 Å². The fourth-order valence-electron chi connectivity index (χ4n) is 2.08. The third-order valence-electron chi connectivity index (χ3n) is 2.97. The van der Waals surface area contributed by atoms with Gasteiger partial charge in [-0.1, -0.05) is 12.1 Å². The lowest BCUT2D eigenvalue weighted by Crippen LogP contribution is -2.42. The van der Waals surface area contributed by atoms with Crippen molar-refractivity contribution in [3.63, 3.8) is 0 Å². The molecule has 6 nitrogen and oxygen atoms in total. The number of ether oxygens (including phenoxy) is 2. The quantitative estimate of drug-likeness (QED) is 0.892. The molecule has 1 N–H and O–H groups in total. The Morgan fingerprint density at radius 3 is 2.65 bits per heavy atom. The van der Waals surface area contributed by atoms with E-state index in [1.54, 1.807) is 12.1 Å². The highest BCUT2D eigenvalue weighted by Gasteiger charge is 2.47. The Labute approximate surface area is 130 Å². The van der Waals surface area contributed by atoms with Crippen molar-refractivity contribution in [3.05, 3.63) is 23.8 Å². The summed E-state index contributed by atoms with van der Waals surface area (Å²) in [7, 11) is -5.74. The summed E-state index contributed by atoms with van der Waals surface area (Å²) in [4.78, 5) is 11.4. The largest absolute Gasteiger partial charge is 0.516 e. The monoisotopic (exact) mass is 353 g/mol. The highest BCUT2D eigenvalue weighted by Crippen LogP contribution is 2.41. The van der Waals surface area contributed by atoms with Gasteiger partial charge in [0.2, 0.25) is 0 Å². The van der Waals surface area contributed by atoms with Crippen LogP contribution < -0.4 is 14.2 Å². The Balaban J connectivity index is 2.04. The normalized spacial score (nSPS) is 16.4. The zero-order chi connectivity index (χ0) is 17.5. The lowest BCUT2D eigenvalue weighted by atomic mass is 10.0. The Morgan fingerprint density at radius 1 is 1.39 bits per heavy atom. The van der Waals surface area contributed by atoms with Gasteiger partial charge in [-0.3, -0.25) is 4.79 Å². The summed E-state index contributed by atoms with van der Waals surface area (Å²) in [6.07, 6.45) is 0.605. The summed E-state index contributed by atoms with van der Waals surface area (Å²) < 4.78 is 69.7. The molecule has 0 aromatic heterocycles. The lowest BCUT2D eigenvalue weighted by Gasteiger charge is -2.18. The molecule has 1 aliphatic rings. The lowest BCUT2D eigenvalue weighted by molar-refractivity contribution is -0.122. The van der Waals surface area contributed by atoms with E-state index < -0.39 is 33.6 Å². The number of alkyl halides is 3. The van der Waals surface area contributed by atoms with E-state index in [1.807, 2.05) is 13.8 Å². The number of benzene rings is 1. The zero-order valence-corrected chi connectivity index (χ0v) is 13.0. The van der Waals surface area contributed by atoms with Gasteiger partial charge in [-0.05, 0) is 19.9 Å². The van der Waals surface area contributed by atoms with E-state index in [9.17, 15) is 26.4 Å². The van der Waals surface area contributed by atoms with Gasteiger partial charge in [0.05, 0.1) is 0 Å². The predicted molar refractivity (Wildman–Crippen MR) is 73.5 cm³/mol. The summed E-state index contributed by atoms with van der Waals surface area (Å²) >= 11 is 0. The summed E-state index contributed by atoms with van der Waals surface area (Å²) in [5.41, 5.74) is -5.20. The second kappa shape index (κ2) is 5.59. The highest BCUT2D eigenvalue weighted by molar-refractivity contribution is 7.90. The van der Waals surface area contributed by atoms with E-state index >= 15 is 0 Å². The highest BCUT2D eigenvalue weighted by atomic mass is 32.2. The van der Waals surface area contributed by atoms with Gasteiger partial charge in [-0.2, -0.15) is 21.6 Å². The van der Waals surface area contributed by atoms with Gasteiger partial charge in [0.1, 0.15) is 5.60 Å². The van der Waals surface area contributed by atoms with Crippen LogP contribution in [-0.4, -0.2) is 32.0 Å². The van der Waals surface area contributed by atoms with Crippen molar-refractivity contribution in [2.24, 2.45) is 0 Å². The molecule has 0 saturated carbocycles. The van der Waals surface area contributed by atoms with Crippen LogP contribution in [0.2, 0.25) is 0 Å². The third kappa shape index (κ3) is 3.87. The first-order valence-electron chi connectivity index (χ1n) is 6.47. The molecule has 23 heavy (non-hydrogen) atoms. The SMILES string of the molecule is CC1(C)Cc2cccc(OCC(=O)NS(=O)(=O)C(F)(F)F)c2O1. The van der Waals surface area contributed by atoms with Gasteiger partial charge in [-0.25, -0.2) is 4.72 Å². The molecule has 1 aliphatic heterocycles. The molecular formula is C13H14F3NO5S. The molecule has 0 saturated heterocycles. The smallest absolute Gasteiger partial charge is 0.483 e. The van der Waals surface area contributed by atoms with Crippen molar-refractivity contribution in [1.82, 2.24) is 4.72 Å². The molecule has 0 aliphatic carbocycles. The topological polar surface area (TPSA) is 81.7 Å². The molecule has 0 unspecified atom stereocenters. The summed E-state index contributed by atoms with van der Waals surface area (Å²) in [5.74, 6) is -0.881. The maximum absolute atomic E-state index is 12.2. The van der Waals surface area contributed by atoms with Crippen molar-refractivity contribution in [1.29, 1.82) is 0 Å². The van der Waals surface area contributed by atoms with Gasteiger partial charge in [-0.15, -0.1) is 0 Å². The van der Waals surface area contributed by atoms with Crippen molar-refractivity contribution >= 4 is 15.9 Å². The Hall–Kier alpha value is -1.97. The number of carbonyl (C=O) groups excluding carboxylic acids is 1. The molecule has 0 bridgehead atoms. The number of amides is 1. The van der Waals surface area contributed by atoms with Crippen LogP contribution in [0.25, 0.3) is 0 Å². The van der Waals surface area contributed by atoms with Crippen molar-refractivity contribution in [2.75, 3.05) is 6.61 Å². The average molecular weight is 353 g/mol. The Kier molecular flexibility index (Phi) is 4.22. The van der Waals surface area contributed by atoms with Crippen LogP contribution in [0.4, 0.5) is 13.2 Å². The first kappa shape index (κ1) is 17.4. The molecule has 0 radical (unpaired) electrons. The second-order valence-corrected chi connectivity index (χ2v) is 7.22. The van der Waals surface area contributed by atoms with Crippen molar-refractivity contribution in [3.8, 4) is 11.5 Å². The average Bonchev–Trinajstić information content (AvgIpc) is 2.68. The summed E-state index contributed by atoms with van der Waals surface area (Å²) in [5, 5.41) is 0. The fourth-order valence-corrected chi connectivity index (χ4v) is 2.56. The molecular weight excluding hydrogens is 339 g/mol. The van der Waals surface area contributed by atoms with Crippen LogP contribution in [0.5, 0.6) is 11.5 Å². The maximum atomic E-state index is 12.2. The van der Waals surface area contributed by atoms with E-state index in [1.165, 1.54) is 6.07 Å². The zero-order valence-electron chi connectivity index (χ0n) is 12.2. The summed E-state index contributed by atoms with van der Waals surface area (Å²) in [6, 6.07) is 4.92. The standard InChI is InChI=1S/C13H14F3NO5S/c1-12(2)6-8-4-3-5-9(11(8)22-12)21-7-10(18)17-23(19,20)13(14,15)16/h3-5H,6-7H2,1-2H3,(H,17,18). The molecule has 1 heterocycles. The Bertz CT molecular complexity index is 728. The van der Waals surface area contributed by atoms with Crippen LogP contribution in [0, 0.1) is 0 Å². The Morgan fingerprint density at radius 2 is 2.04 bits per heavy atom. The molecule has 0 fully saturated rings. The van der Waals surface area contributed by atoms with E-state index in [0.29, 0.717) is 12.2 Å². The minimum Gasteiger partial charge on any atom is -0.483 e. The minimum absolute atomic E-state index is 0.160. The van der Waals surface area contributed by atoms with Gasteiger partial charge >= 0.3 is 15.5 Å². The predicted octanol–water partition coefficient (Wildman–Crippen LogP) is 1.74. The molecule has 0 spiro atoms. The molecule has 1 aromatic rings. The maximum Gasteiger partial charge on any atom is 0.516 e. The molecule has 1 amide bonds.